The summed E-state index contributed by atoms with van der Waals surface area (Å²) in [4.78, 5) is 0. The van der Waals surface area contributed by atoms with Gasteiger partial charge < -0.3 is 18.0 Å². The average Bonchev–Trinajstić information content (AvgIpc) is 3.26. The Kier molecular flexibility index (Phi) is 5.71. The van der Waals surface area contributed by atoms with Gasteiger partial charge in [-0.15, -0.1) is 0 Å². The van der Waals surface area contributed by atoms with E-state index < -0.39 is 16.5 Å². The topological polar surface area (TPSA) is 34.8 Å². The molecule has 186 valence electrons. The minimum absolute atomic E-state index is 0.180. The number of nitrogens with zero attached hydrogens (tertiary/aromatic N) is 1. The predicted octanol–water partition coefficient (Wildman–Crippen LogP) is 6.89. The smallest absolute Gasteiger partial charge is 0.464 e. The minimum atomic E-state index is -1.67. The van der Waals surface area contributed by atoms with Gasteiger partial charge in [-0.2, -0.15) is 0 Å². The van der Waals surface area contributed by atoms with Crippen molar-refractivity contribution in [3.05, 3.63) is 35.6 Å². The maximum atomic E-state index is 7.11. The number of fused-ring (bicyclic) bond motifs is 1. The zero-order valence-electron chi connectivity index (χ0n) is 23.0. The van der Waals surface area contributed by atoms with Gasteiger partial charge in [0.1, 0.15) is 22.1 Å². The second-order valence-electron chi connectivity index (χ2n) is 14.0. The minimum Gasteiger partial charge on any atom is -0.464 e. The number of rotatable bonds is 6. The van der Waals surface area contributed by atoms with Crippen molar-refractivity contribution in [2.75, 3.05) is 0 Å². The van der Waals surface area contributed by atoms with Crippen molar-refractivity contribution >= 4 is 34.6 Å². The molecule has 6 rings (SSSR count). The molecule has 2 aromatic rings. The van der Waals surface area contributed by atoms with E-state index in [1.807, 2.05) is 6.26 Å². The van der Waals surface area contributed by atoms with Gasteiger partial charge in [0.05, 0.1) is 18.0 Å². The molecule has 2 heterocycles. The zero-order chi connectivity index (χ0) is 24.8. The van der Waals surface area contributed by atoms with Crippen molar-refractivity contribution in [1.29, 1.82) is 0 Å². The Bertz CT molecular complexity index is 1070. The fourth-order valence-corrected chi connectivity index (χ4v) is 18.5. The van der Waals surface area contributed by atoms with Crippen molar-refractivity contribution in [3.8, 4) is 0 Å². The molecule has 0 radical (unpaired) electrons. The lowest BCUT2D eigenvalue weighted by Crippen LogP contribution is -2.68. The molecule has 4 aliphatic rings. The van der Waals surface area contributed by atoms with E-state index in [4.69, 9.17) is 13.7 Å². The molecule has 0 N–H and O–H groups in total. The molecule has 0 unspecified atom stereocenters. The second-order valence-corrected chi connectivity index (χ2v) is 24.1. The maximum absolute atomic E-state index is 7.11. The second kappa shape index (κ2) is 7.82. The summed E-state index contributed by atoms with van der Waals surface area (Å²) in [7, 11) is -3.53. The van der Waals surface area contributed by atoms with E-state index in [0.717, 1.165) is 24.3 Å². The highest BCUT2D eigenvalue weighted by Crippen LogP contribution is 2.66. The Morgan fingerprint density at radius 3 is 2.35 bits per heavy atom. The van der Waals surface area contributed by atoms with Crippen LogP contribution in [0.5, 0.6) is 0 Å². The quantitative estimate of drug-likeness (QED) is 0.407. The van der Waals surface area contributed by atoms with E-state index in [9.17, 15) is 0 Å². The van der Waals surface area contributed by atoms with Gasteiger partial charge in [0.2, 0.25) is 0 Å². The molecular weight excluding hydrogens is 453 g/mol. The highest BCUT2D eigenvalue weighted by Gasteiger charge is 2.69. The van der Waals surface area contributed by atoms with Gasteiger partial charge in [-0.1, -0.05) is 71.3 Å². The average molecular weight is 498 g/mol. The Morgan fingerprint density at radius 1 is 1.06 bits per heavy atom. The maximum Gasteiger partial charge on any atom is 0.475 e. The molecule has 1 aromatic heterocycles. The van der Waals surface area contributed by atoms with Crippen molar-refractivity contribution in [1.82, 2.24) is 4.23 Å². The van der Waals surface area contributed by atoms with Crippen molar-refractivity contribution in [3.63, 3.8) is 0 Å². The highest BCUT2D eigenvalue weighted by molar-refractivity contribution is 6.90. The summed E-state index contributed by atoms with van der Waals surface area (Å²) in [5, 5.41) is 1.24. The fraction of sp³-hybridized carbons (Fsp3) is 0.704. The highest BCUT2D eigenvalue weighted by atomic mass is 28.4. The summed E-state index contributed by atoms with van der Waals surface area (Å²) in [5.74, 6) is 1.55. The van der Waals surface area contributed by atoms with Crippen LogP contribution in [0.1, 0.15) is 44.7 Å². The number of para-hydroxylation sites is 1. The van der Waals surface area contributed by atoms with Crippen LogP contribution >= 0.6 is 0 Å². The molecule has 0 spiro atoms. The molecule has 4 fully saturated rings. The van der Waals surface area contributed by atoms with Crippen LogP contribution in [0.15, 0.2) is 28.9 Å². The van der Waals surface area contributed by atoms with Crippen LogP contribution in [-0.4, -0.2) is 45.5 Å². The molecule has 1 aliphatic heterocycles. The van der Waals surface area contributed by atoms with Crippen LogP contribution in [-0.2, 0) is 15.7 Å². The first-order valence-corrected chi connectivity index (χ1v) is 20.1. The van der Waals surface area contributed by atoms with Gasteiger partial charge in [0.25, 0.3) is 0 Å². The first-order valence-electron chi connectivity index (χ1n) is 13.2. The lowest BCUT2D eigenvalue weighted by Gasteiger charge is -2.64. The predicted molar refractivity (Wildman–Crippen MR) is 147 cm³/mol. The summed E-state index contributed by atoms with van der Waals surface area (Å²) >= 11 is 0. The Labute approximate surface area is 209 Å². The van der Waals surface area contributed by atoms with Crippen LogP contribution in [0.25, 0.3) is 11.0 Å². The van der Waals surface area contributed by atoms with Gasteiger partial charge in [-0.05, 0) is 61.5 Å². The SMILES string of the molecule is Cc1cccc2c(C[C@@H](B3O[C@@H]4C[C@@H]5C[C@@H](C5(C)C)[C@]4(C)O3)N([Si](C)(C)C)[Si](C)(C)C)coc12. The summed E-state index contributed by atoms with van der Waals surface area (Å²) in [5.41, 5.74) is 3.67. The van der Waals surface area contributed by atoms with Crippen LogP contribution in [0, 0.1) is 24.2 Å². The van der Waals surface area contributed by atoms with Crippen molar-refractivity contribution in [2.24, 2.45) is 17.3 Å². The molecule has 5 atom stereocenters. The van der Waals surface area contributed by atoms with Crippen molar-refractivity contribution in [2.45, 2.75) is 104 Å². The van der Waals surface area contributed by atoms with Crippen LogP contribution < -0.4 is 0 Å². The summed E-state index contributed by atoms with van der Waals surface area (Å²) in [6, 6.07) is 6.49. The Hall–Kier alpha value is -0.861. The molecule has 3 aliphatic carbocycles. The third kappa shape index (κ3) is 3.73. The molecule has 1 aromatic carbocycles. The van der Waals surface area contributed by atoms with E-state index in [1.54, 1.807) is 0 Å². The molecule has 3 saturated carbocycles. The third-order valence-electron chi connectivity index (χ3n) is 9.37. The van der Waals surface area contributed by atoms with Crippen molar-refractivity contribution < 1.29 is 13.7 Å². The lowest BCUT2D eigenvalue weighted by molar-refractivity contribution is -0.199. The van der Waals surface area contributed by atoms with E-state index in [2.05, 4.69) is 89.4 Å². The molecular formula is C27H44BNO3Si2. The monoisotopic (exact) mass is 497 g/mol. The summed E-state index contributed by atoms with van der Waals surface area (Å²) in [6.07, 6.45) is 5.52. The normalized spacial score (nSPS) is 31.6. The largest absolute Gasteiger partial charge is 0.475 e. The van der Waals surface area contributed by atoms with E-state index in [-0.39, 0.29) is 24.8 Å². The molecule has 2 bridgehead atoms. The number of benzene rings is 1. The number of furan rings is 1. The van der Waals surface area contributed by atoms with Gasteiger partial charge in [0, 0.05) is 11.3 Å². The molecule has 0 amide bonds. The first kappa shape index (κ1) is 24.8. The van der Waals surface area contributed by atoms with Crippen LogP contribution in [0.4, 0.5) is 0 Å². The Balaban J connectivity index is 1.54. The number of hydrogen-bond donors (Lipinski definition) is 0. The van der Waals surface area contributed by atoms with Gasteiger partial charge >= 0.3 is 7.12 Å². The zero-order valence-corrected chi connectivity index (χ0v) is 25.0. The third-order valence-corrected chi connectivity index (χ3v) is 16.9. The lowest BCUT2D eigenvalue weighted by atomic mass is 9.43. The number of hydrogen-bond acceptors (Lipinski definition) is 4. The summed E-state index contributed by atoms with van der Waals surface area (Å²) < 4.78 is 23.0. The first-order chi connectivity index (χ1) is 15.6. The van der Waals surface area contributed by atoms with E-state index >= 15 is 0 Å². The fourth-order valence-electron chi connectivity index (χ4n) is 8.01. The standard InChI is InChI=1S/C27H44BNO3Si2/c1-18-12-11-13-21-19(17-30-25(18)21)14-24(29(33(5,6)7)34(8,9)10)28-31-23-16-20-15-22(26(20,2)3)27(23,4)32-28/h11-13,17,20,22-24H,14-16H2,1-10H3/t20-,22-,23+,24-,27-/m0/s1. The van der Waals surface area contributed by atoms with E-state index in [0.29, 0.717) is 11.3 Å². The van der Waals surface area contributed by atoms with Crippen LogP contribution in [0.3, 0.4) is 0 Å². The van der Waals surface area contributed by atoms with Gasteiger partial charge in [-0.3, -0.25) is 0 Å². The number of aryl methyl sites for hydroxylation is 1. The molecule has 1 saturated heterocycles. The van der Waals surface area contributed by atoms with Gasteiger partial charge in [0.15, 0.2) is 0 Å². The van der Waals surface area contributed by atoms with Crippen LogP contribution in [0.2, 0.25) is 39.3 Å². The Morgan fingerprint density at radius 2 is 1.74 bits per heavy atom. The molecule has 34 heavy (non-hydrogen) atoms. The van der Waals surface area contributed by atoms with E-state index in [1.165, 1.54) is 22.9 Å². The molecule has 4 nitrogen and oxygen atoms in total. The molecule has 7 heteroatoms. The summed E-state index contributed by atoms with van der Waals surface area (Å²) in [6.45, 7) is 24.3. The van der Waals surface area contributed by atoms with Gasteiger partial charge in [-0.25, -0.2) is 0 Å².